The molecule has 17 atom stereocenters. The van der Waals surface area contributed by atoms with Gasteiger partial charge in [0, 0.05) is 45.2 Å². The summed E-state index contributed by atoms with van der Waals surface area (Å²) in [5, 5.41) is 118. The minimum atomic E-state index is -2.11. The van der Waals surface area contributed by atoms with Gasteiger partial charge < -0.3 is 150 Å². The Labute approximate surface area is 826 Å². The molecule has 0 aliphatic carbocycles. The first-order valence-electron chi connectivity index (χ1n) is 48.4. The smallest absolute Gasteiger partial charge is 0.305 e. The third kappa shape index (κ3) is 50.7. The molecule has 2 aromatic rings. The zero-order valence-electron chi connectivity index (χ0n) is 82.2. The molecule has 49 heteroatoms. The Bertz CT molecular complexity index is 4390. The second-order valence-electron chi connectivity index (χ2n) is 35.4. The van der Waals surface area contributed by atoms with Crippen LogP contribution in [0.2, 0.25) is 0 Å². The van der Waals surface area contributed by atoms with Gasteiger partial charge in [-0.1, -0.05) is 179 Å². The lowest BCUT2D eigenvalue weighted by molar-refractivity contribution is -0.141. The quantitative estimate of drug-likeness (QED) is 0.0168. The predicted octanol–water partition coefficient (Wildman–Crippen LogP) is -4.95. The molecule has 0 saturated carbocycles. The molecular formula is C93H154N24O25. The van der Waals surface area contributed by atoms with E-state index in [0.29, 0.717) is 24.0 Å². The van der Waals surface area contributed by atoms with Crippen LogP contribution >= 0.6 is 0 Å². The number of nitrogens with one attached hydrogen (secondary N) is 19. The number of guanidine groups is 2. The Morgan fingerprint density at radius 3 is 1.03 bits per heavy atom. The van der Waals surface area contributed by atoms with E-state index in [1.165, 1.54) is 51.9 Å². The van der Waals surface area contributed by atoms with Crippen molar-refractivity contribution >= 4 is 124 Å². The van der Waals surface area contributed by atoms with Crippen LogP contribution in [0.5, 0.6) is 0 Å². The summed E-state index contributed by atoms with van der Waals surface area (Å²) in [5.74, 6) is -24.0. The number of hydrogen-bond acceptors (Lipinski definition) is 26. The van der Waals surface area contributed by atoms with E-state index in [1.807, 2.05) is 0 Å². The molecule has 2 rings (SSSR count). The van der Waals surface area contributed by atoms with Crippen molar-refractivity contribution in [3.63, 3.8) is 0 Å². The van der Waals surface area contributed by atoms with Crippen LogP contribution in [0.3, 0.4) is 0 Å². The molecule has 0 heterocycles. The van der Waals surface area contributed by atoms with Gasteiger partial charge >= 0.3 is 11.9 Å². The molecule has 0 bridgehead atoms. The van der Waals surface area contributed by atoms with E-state index in [2.05, 4.69) is 97.3 Å². The van der Waals surface area contributed by atoms with Crippen LogP contribution in [0.4, 0.5) is 0 Å². The van der Waals surface area contributed by atoms with Crippen molar-refractivity contribution in [2.45, 2.75) is 331 Å². The van der Waals surface area contributed by atoms with Crippen molar-refractivity contribution in [1.29, 1.82) is 10.8 Å². The summed E-state index contributed by atoms with van der Waals surface area (Å²) in [6.45, 7) is 7.12. The molecule has 0 saturated heterocycles. The number of rotatable bonds is 75. The average Bonchev–Trinajstić information content (AvgIpc) is 0.844. The molecule has 0 radical (unpaired) electrons. The fourth-order valence-corrected chi connectivity index (χ4v) is 14.6. The van der Waals surface area contributed by atoms with Crippen LogP contribution in [-0.4, -0.2) is 291 Å². The zero-order valence-corrected chi connectivity index (χ0v) is 82.2. The molecule has 0 fully saturated rings. The molecule has 49 nitrogen and oxygen atoms in total. The number of carboxylic acid groups (broad SMARTS) is 2. The molecule has 35 N–H and O–H groups in total. The van der Waals surface area contributed by atoms with Crippen LogP contribution in [0.15, 0.2) is 60.7 Å². The van der Waals surface area contributed by atoms with Crippen LogP contribution in [0.25, 0.3) is 0 Å². The molecule has 0 unspecified atom stereocenters. The molecular weight excluding hydrogens is 1850 g/mol. The monoisotopic (exact) mass is 2010 g/mol. The third-order valence-electron chi connectivity index (χ3n) is 23.1. The summed E-state index contributed by atoms with van der Waals surface area (Å²) in [5.41, 5.74) is 28.9. The first-order valence-corrected chi connectivity index (χ1v) is 48.4. The van der Waals surface area contributed by atoms with Gasteiger partial charge in [0.15, 0.2) is 11.9 Å². The van der Waals surface area contributed by atoms with E-state index in [4.69, 9.17) is 39.5 Å². The number of primary amides is 2. The van der Waals surface area contributed by atoms with Gasteiger partial charge in [-0.15, -0.1) is 0 Å². The number of nitrogens with two attached hydrogens (primary N) is 5. The van der Waals surface area contributed by atoms with Crippen molar-refractivity contribution in [2.75, 3.05) is 39.5 Å². The summed E-state index contributed by atoms with van der Waals surface area (Å²) in [4.78, 5) is 262. The predicted molar refractivity (Wildman–Crippen MR) is 520 cm³/mol. The number of carbonyl (C=O) groups excluding carboxylic acids is 17. The van der Waals surface area contributed by atoms with Crippen LogP contribution in [-0.2, 0) is 104 Å². The Hall–Kier alpha value is -13.3. The van der Waals surface area contributed by atoms with Crippen molar-refractivity contribution in [3.8, 4) is 0 Å². The Balaban J connectivity index is 2.48. The van der Waals surface area contributed by atoms with Crippen molar-refractivity contribution in [2.24, 2.45) is 40.5 Å². The highest BCUT2D eigenvalue weighted by atomic mass is 16.4. The fraction of sp³-hybridized carbons (Fsp3) is 0.645. The number of aliphatic hydroxyl groups excluding tert-OH is 4. The van der Waals surface area contributed by atoms with Gasteiger partial charge in [0.2, 0.25) is 100 Å². The standard InChI is InChI=1S/C93H154N24O25/c1-8-10-11-12-13-14-15-16-17-18-19-20-27-39-71(123)115-76(56(7)121)91(142)116-74(53(3)4)90(141)111-64(47-57-32-23-21-24-33-57)84(135)107-62(40-42-70(95)122)83(134)113-69(52-120)89(140)114-68(51-119)88(139)108-63(41-43-72(124)125)82(133)104-59(36-28-29-44-94)79(130)105-60(37-30-45-101-92(97)98)80(131)106-61(38-31-46-102-93(99)100)81(132)112-67(50-118)87(138)103-55(6)78(129)109-66(49-73(126)127)85(136)110-65(48-58-34-25-22-26-35-58)86(137)117-75(77(96)128)54(5)9-2/h21-26,32-35,53-56,59-69,74-76,118-121H,8-20,27-31,36-52,94H2,1-7H3,(H2,95,122)(H2,96,128)(H,103,138)(H,104,133)(H,105,130)(H,106,131)(H,107,135)(H,108,139)(H,109,129)(H,110,136)(H,111,141)(H,112,132)(H,113,134)(H,114,140)(H,115,123)(H,116,142)(H,117,137)(H,124,125)(H,126,127)(H4,97,98,101)(H4,99,100,102)/t54-,55-,56+,59-,60-,61-,62-,63-,64-,65-,66-,67-,68-,69-,74-,75-,76-/m0/s1. The highest BCUT2D eigenvalue weighted by Gasteiger charge is 2.40. The van der Waals surface area contributed by atoms with E-state index >= 15 is 0 Å². The van der Waals surface area contributed by atoms with E-state index < -0.39 is 285 Å². The van der Waals surface area contributed by atoms with Gasteiger partial charge in [0.05, 0.1) is 32.3 Å². The van der Waals surface area contributed by atoms with Crippen molar-refractivity contribution in [3.05, 3.63) is 71.8 Å². The molecule has 17 amide bonds. The number of benzene rings is 2. The van der Waals surface area contributed by atoms with Crippen LogP contribution < -0.4 is 119 Å². The van der Waals surface area contributed by atoms with E-state index in [9.17, 15) is 122 Å². The van der Waals surface area contributed by atoms with Crippen molar-refractivity contribution < 1.29 is 122 Å². The summed E-state index contributed by atoms with van der Waals surface area (Å²) in [6.07, 6.45) is 7.88. The van der Waals surface area contributed by atoms with Gasteiger partial charge in [0.25, 0.3) is 0 Å². The maximum absolute atomic E-state index is 14.7. The van der Waals surface area contributed by atoms with Crippen LogP contribution in [0.1, 0.15) is 233 Å². The second-order valence-corrected chi connectivity index (χ2v) is 35.4. The Morgan fingerprint density at radius 2 is 0.662 bits per heavy atom. The summed E-state index contributed by atoms with van der Waals surface area (Å²) >= 11 is 0. The lowest BCUT2D eigenvalue weighted by Crippen LogP contribution is -2.62. The summed E-state index contributed by atoms with van der Waals surface area (Å²) in [7, 11) is 0. The van der Waals surface area contributed by atoms with E-state index in [-0.39, 0.29) is 83.8 Å². The van der Waals surface area contributed by atoms with Gasteiger partial charge in [0.1, 0.15) is 90.6 Å². The van der Waals surface area contributed by atoms with Gasteiger partial charge in [-0.25, -0.2) is 0 Å². The fourth-order valence-electron chi connectivity index (χ4n) is 14.6. The molecule has 142 heavy (non-hydrogen) atoms. The Kier molecular flexibility index (Phi) is 61.1. The number of unbranched alkanes of at least 4 members (excludes halogenated alkanes) is 13. The lowest BCUT2D eigenvalue weighted by atomic mass is 9.97. The number of carbonyl (C=O) groups is 19. The molecule has 0 spiro atoms. The summed E-state index contributed by atoms with van der Waals surface area (Å²) < 4.78 is 0. The van der Waals surface area contributed by atoms with E-state index in [0.717, 1.165) is 39.0 Å². The maximum Gasteiger partial charge on any atom is 0.305 e. The topological polar surface area (TPSA) is 828 Å². The largest absolute Gasteiger partial charge is 0.481 e. The SMILES string of the molecule is CCCCCCCCCCCCCCCC(=O)N[C@H](C(=O)N[C@H](C(=O)N[C@@H](Cc1ccccc1)C(=O)N[C@@H](CCC(N)=O)C(=O)N[C@@H](CO)C(=O)N[C@@H](CO)C(=O)N[C@@H](CCC(=O)O)C(=O)N[C@@H](CCCCN)C(=O)N[C@@H](CCCNC(=N)N)C(=O)N[C@@H](CCCNC(=N)N)C(=O)N[C@@H](CO)C(=O)N[C@@H](C)C(=O)N[C@@H](CC(=O)O)C(=O)N[C@@H](Cc1ccccc1)C(=O)N[C@H](C(N)=O)[C@@H](C)CC)C(C)C)[C@@H](C)O. The van der Waals surface area contributed by atoms with Gasteiger partial charge in [-0.2, -0.15) is 0 Å². The molecule has 2 aromatic carbocycles. The first kappa shape index (κ1) is 125. The minimum Gasteiger partial charge on any atom is -0.481 e. The molecule has 0 aliphatic heterocycles. The third-order valence-corrected chi connectivity index (χ3v) is 23.1. The Morgan fingerprint density at radius 1 is 0.331 bits per heavy atom. The molecule has 0 aliphatic rings. The highest BCUT2D eigenvalue weighted by Crippen LogP contribution is 2.18. The normalized spacial score (nSPS) is 14.7. The van der Waals surface area contributed by atoms with Crippen molar-refractivity contribution in [1.82, 2.24) is 90.4 Å². The average molecular weight is 2010 g/mol. The lowest BCUT2D eigenvalue weighted by Gasteiger charge is -2.29. The van der Waals surface area contributed by atoms with Crippen LogP contribution in [0, 0.1) is 22.7 Å². The minimum absolute atomic E-state index is 0.0320. The number of carboxylic acids is 2. The molecule has 0 aromatic heterocycles. The first-order chi connectivity index (χ1) is 67.3. The number of aliphatic carboxylic acids is 2. The maximum atomic E-state index is 14.7. The second kappa shape index (κ2) is 69.5. The summed E-state index contributed by atoms with van der Waals surface area (Å²) in [6, 6.07) is -9.53. The highest BCUT2D eigenvalue weighted by molar-refractivity contribution is 6.02. The number of amides is 17. The number of hydrogen-bond donors (Lipinski definition) is 30. The number of aliphatic hydroxyl groups is 4. The van der Waals surface area contributed by atoms with Gasteiger partial charge in [-0.3, -0.25) is 102 Å². The van der Waals surface area contributed by atoms with E-state index in [1.54, 1.807) is 88.4 Å². The van der Waals surface area contributed by atoms with Gasteiger partial charge in [-0.05, 0) is 108 Å². The zero-order chi connectivity index (χ0) is 107. The molecule has 796 valence electrons.